The van der Waals surface area contributed by atoms with E-state index in [1.165, 1.54) is 5.56 Å². The van der Waals surface area contributed by atoms with E-state index >= 15 is 0 Å². The van der Waals surface area contributed by atoms with Gasteiger partial charge in [0.2, 0.25) is 0 Å². The molecule has 0 spiro atoms. The Bertz CT molecular complexity index is 691. The van der Waals surface area contributed by atoms with Gasteiger partial charge in [-0.2, -0.15) is 0 Å². The Labute approximate surface area is 123 Å². The summed E-state index contributed by atoms with van der Waals surface area (Å²) in [6, 6.07) is 17.4. The molecule has 0 radical (unpaired) electrons. The molecule has 2 N–H and O–H groups in total. The zero-order valence-corrected chi connectivity index (χ0v) is 11.5. The van der Waals surface area contributed by atoms with Crippen LogP contribution in [0, 0.1) is 0 Å². The fourth-order valence-electron chi connectivity index (χ4n) is 2.12. The Morgan fingerprint density at radius 3 is 2.62 bits per heavy atom. The second-order valence-electron chi connectivity index (χ2n) is 4.74. The van der Waals surface area contributed by atoms with E-state index in [4.69, 9.17) is 15.0 Å². The molecular formula is C17H16N2O2. The highest BCUT2D eigenvalue weighted by Crippen LogP contribution is 2.21. The average Bonchev–Trinajstić information content (AvgIpc) is 3.02. The summed E-state index contributed by atoms with van der Waals surface area (Å²) in [6.45, 7) is 0.616. The van der Waals surface area contributed by atoms with E-state index in [0.29, 0.717) is 6.61 Å². The molecule has 3 aromatic rings. The molecule has 0 aliphatic rings. The highest BCUT2D eigenvalue weighted by molar-refractivity contribution is 5.57. The molecule has 1 heterocycles. The number of nitrogens with zero attached hydrogens (tertiary/aromatic N) is 1. The van der Waals surface area contributed by atoms with E-state index < -0.39 is 0 Å². The summed E-state index contributed by atoms with van der Waals surface area (Å²) in [5, 5.41) is 3.69. The molecule has 1 aromatic heterocycles. The molecule has 3 rings (SSSR count). The van der Waals surface area contributed by atoms with Gasteiger partial charge in [-0.3, -0.25) is 0 Å². The molecule has 0 atom stereocenters. The molecule has 2 aromatic carbocycles. The van der Waals surface area contributed by atoms with Crippen molar-refractivity contribution in [3.63, 3.8) is 0 Å². The first-order valence-electron chi connectivity index (χ1n) is 6.79. The number of nitrogens with two attached hydrogens (primary N) is 1. The number of hydrogen-bond donors (Lipinski definition) is 1. The summed E-state index contributed by atoms with van der Waals surface area (Å²) in [7, 11) is 0. The molecule has 21 heavy (non-hydrogen) atoms. The molecule has 0 unspecified atom stereocenters. The van der Waals surface area contributed by atoms with Gasteiger partial charge in [0.25, 0.3) is 0 Å². The molecule has 0 saturated heterocycles. The Kier molecular flexibility index (Phi) is 3.87. The van der Waals surface area contributed by atoms with Crippen LogP contribution in [0.5, 0.6) is 5.75 Å². The van der Waals surface area contributed by atoms with Crippen LogP contribution < -0.4 is 10.5 Å². The van der Waals surface area contributed by atoms with Crippen LogP contribution >= 0.6 is 0 Å². The zero-order valence-electron chi connectivity index (χ0n) is 11.5. The summed E-state index contributed by atoms with van der Waals surface area (Å²) in [5.74, 6) is 1.59. The van der Waals surface area contributed by atoms with Crippen molar-refractivity contribution >= 4 is 5.69 Å². The van der Waals surface area contributed by atoms with Crippen LogP contribution in [0.4, 0.5) is 5.69 Å². The Hall–Kier alpha value is -2.75. The molecule has 0 aliphatic carbocycles. The lowest BCUT2D eigenvalue weighted by Gasteiger charge is -2.07. The summed E-state index contributed by atoms with van der Waals surface area (Å²) in [5.41, 5.74) is 8.69. The summed E-state index contributed by atoms with van der Waals surface area (Å²) < 4.78 is 10.8. The van der Waals surface area contributed by atoms with Crippen LogP contribution in [0.3, 0.4) is 0 Å². The largest absolute Gasteiger partial charge is 0.493 e. The number of benzene rings is 2. The van der Waals surface area contributed by atoms with Gasteiger partial charge in [0.15, 0.2) is 5.76 Å². The molecule has 0 bridgehead atoms. The Morgan fingerprint density at radius 1 is 1.05 bits per heavy atom. The standard InChI is InChI=1S/C17H16N2O2/c18-15-3-1-2-13(12-15)9-11-20-16-6-4-14(5-7-16)17-8-10-19-21-17/h1-8,10,12H,9,11,18H2. The highest BCUT2D eigenvalue weighted by atomic mass is 16.5. The fraction of sp³-hybridized carbons (Fsp3) is 0.118. The van der Waals surface area contributed by atoms with Crippen molar-refractivity contribution in [1.82, 2.24) is 5.16 Å². The molecule has 4 nitrogen and oxygen atoms in total. The van der Waals surface area contributed by atoms with Gasteiger partial charge in [0, 0.05) is 23.7 Å². The van der Waals surface area contributed by atoms with Crippen LogP contribution in [0.1, 0.15) is 5.56 Å². The van der Waals surface area contributed by atoms with Crippen molar-refractivity contribution < 1.29 is 9.26 Å². The van der Waals surface area contributed by atoms with Gasteiger partial charge in [-0.1, -0.05) is 17.3 Å². The number of aromatic nitrogens is 1. The van der Waals surface area contributed by atoms with E-state index in [0.717, 1.165) is 29.2 Å². The smallest absolute Gasteiger partial charge is 0.166 e. The molecule has 0 aliphatic heterocycles. The topological polar surface area (TPSA) is 61.3 Å². The third-order valence-electron chi connectivity index (χ3n) is 3.19. The second-order valence-corrected chi connectivity index (χ2v) is 4.74. The average molecular weight is 280 g/mol. The monoisotopic (exact) mass is 280 g/mol. The van der Waals surface area contributed by atoms with E-state index in [2.05, 4.69) is 5.16 Å². The molecule has 4 heteroatoms. The minimum atomic E-state index is 0.616. The van der Waals surface area contributed by atoms with Gasteiger partial charge in [-0.25, -0.2) is 0 Å². The maximum Gasteiger partial charge on any atom is 0.166 e. The molecular weight excluding hydrogens is 264 g/mol. The van der Waals surface area contributed by atoms with E-state index in [-0.39, 0.29) is 0 Å². The third-order valence-corrected chi connectivity index (χ3v) is 3.19. The Morgan fingerprint density at radius 2 is 1.90 bits per heavy atom. The van der Waals surface area contributed by atoms with Crippen molar-refractivity contribution in [2.45, 2.75) is 6.42 Å². The summed E-state index contributed by atoms with van der Waals surface area (Å²) in [6.07, 6.45) is 2.46. The van der Waals surface area contributed by atoms with E-state index in [1.807, 2.05) is 54.6 Å². The molecule has 0 amide bonds. The van der Waals surface area contributed by atoms with Crippen LogP contribution in [0.25, 0.3) is 11.3 Å². The fourth-order valence-corrected chi connectivity index (χ4v) is 2.12. The Balaban J connectivity index is 1.56. The lowest BCUT2D eigenvalue weighted by Crippen LogP contribution is -2.01. The van der Waals surface area contributed by atoms with Crippen LogP contribution in [0.2, 0.25) is 0 Å². The van der Waals surface area contributed by atoms with Crippen molar-refractivity contribution in [3.05, 3.63) is 66.4 Å². The van der Waals surface area contributed by atoms with E-state index in [9.17, 15) is 0 Å². The van der Waals surface area contributed by atoms with Crippen LogP contribution in [0.15, 0.2) is 65.3 Å². The third kappa shape index (κ3) is 3.42. The van der Waals surface area contributed by atoms with Crippen LogP contribution in [-0.2, 0) is 6.42 Å². The maximum absolute atomic E-state index is 5.75. The highest BCUT2D eigenvalue weighted by Gasteiger charge is 2.02. The van der Waals surface area contributed by atoms with Crippen molar-refractivity contribution in [1.29, 1.82) is 0 Å². The van der Waals surface area contributed by atoms with Crippen molar-refractivity contribution in [2.24, 2.45) is 0 Å². The van der Waals surface area contributed by atoms with Crippen LogP contribution in [-0.4, -0.2) is 11.8 Å². The predicted molar refractivity (Wildman–Crippen MR) is 82.0 cm³/mol. The minimum absolute atomic E-state index is 0.616. The summed E-state index contributed by atoms with van der Waals surface area (Å²) in [4.78, 5) is 0. The van der Waals surface area contributed by atoms with E-state index in [1.54, 1.807) is 6.20 Å². The predicted octanol–water partition coefficient (Wildman–Crippen LogP) is 3.55. The molecule has 0 saturated carbocycles. The first kappa shape index (κ1) is 13.2. The first-order valence-corrected chi connectivity index (χ1v) is 6.79. The lowest BCUT2D eigenvalue weighted by atomic mass is 10.1. The van der Waals surface area contributed by atoms with Gasteiger partial charge in [-0.15, -0.1) is 0 Å². The molecule has 0 fully saturated rings. The van der Waals surface area contributed by atoms with Crippen molar-refractivity contribution in [3.8, 4) is 17.1 Å². The number of nitrogen functional groups attached to an aromatic ring is 1. The van der Waals surface area contributed by atoms with Gasteiger partial charge in [-0.05, 0) is 42.0 Å². The second kappa shape index (κ2) is 6.13. The normalized spacial score (nSPS) is 10.5. The SMILES string of the molecule is Nc1cccc(CCOc2ccc(-c3ccno3)cc2)c1. The number of ether oxygens (including phenoxy) is 1. The molecule has 106 valence electrons. The van der Waals surface area contributed by atoms with Crippen molar-refractivity contribution in [2.75, 3.05) is 12.3 Å². The number of anilines is 1. The van der Waals surface area contributed by atoms with Gasteiger partial charge in [0.1, 0.15) is 5.75 Å². The first-order chi connectivity index (χ1) is 10.3. The van der Waals surface area contributed by atoms with Gasteiger partial charge < -0.3 is 15.0 Å². The zero-order chi connectivity index (χ0) is 14.5. The minimum Gasteiger partial charge on any atom is -0.493 e. The number of hydrogen-bond acceptors (Lipinski definition) is 4. The van der Waals surface area contributed by atoms with Gasteiger partial charge in [0.05, 0.1) is 12.8 Å². The quantitative estimate of drug-likeness (QED) is 0.726. The summed E-state index contributed by atoms with van der Waals surface area (Å²) >= 11 is 0. The number of rotatable bonds is 5. The van der Waals surface area contributed by atoms with Gasteiger partial charge >= 0.3 is 0 Å². The lowest BCUT2D eigenvalue weighted by molar-refractivity contribution is 0.322. The maximum atomic E-state index is 5.75.